The molecule has 1 saturated heterocycles. The summed E-state index contributed by atoms with van der Waals surface area (Å²) in [6.07, 6.45) is 0.222. The summed E-state index contributed by atoms with van der Waals surface area (Å²) < 4.78 is 49.2. The molecule has 22 heavy (non-hydrogen) atoms. The monoisotopic (exact) mass is 319 g/mol. The van der Waals surface area contributed by atoms with Crippen molar-refractivity contribution in [1.29, 1.82) is 0 Å². The second-order valence-electron chi connectivity index (χ2n) is 5.33. The number of benzene rings is 1. The van der Waals surface area contributed by atoms with Crippen LogP contribution in [0.2, 0.25) is 0 Å². The smallest absolute Gasteiger partial charge is 0.387 e. The molecular weight excluding hydrogens is 299 g/mol. The molecule has 0 aromatic heterocycles. The van der Waals surface area contributed by atoms with Crippen molar-refractivity contribution in [1.82, 2.24) is 4.90 Å². The Morgan fingerprint density at radius 3 is 2.77 bits per heavy atom. The van der Waals surface area contributed by atoms with E-state index in [2.05, 4.69) is 4.74 Å². The Morgan fingerprint density at radius 2 is 2.18 bits per heavy atom. The molecule has 1 unspecified atom stereocenters. The summed E-state index contributed by atoms with van der Waals surface area (Å²) in [7, 11) is 0. The van der Waals surface area contributed by atoms with Crippen molar-refractivity contribution in [2.45, 2.75) is 32.2 Å². The van der Waals surface area contributed by atoms with Crippen LogP contribution in [0, 0.1) is 0 Å². The van der Waals surface area contributed by atoms with Crippen LogP contribution in [0.15, 0.2) is 18.2 Å². The molecule has 1 aliphatic rings. The van der Waals surface area contributed by atoms with Gasteiger partial charge >= 0.3 is 6.61 Å². The van der Waals surface area contributed by atoms with Gasteiger partial charge in [0, 0.05) is 25.2 Å². The minimum absolute atomic E-state index is 0.0142. The fourth-order valence-corrected chi connectivity index (χ4v) is 2.60. The second kappa shape index (κ2) is 7.19. The van der Waals surface area contributed by atoms with E-state index in [0.717, 1.165) is 0 Å². The Morgan fingerprint density at radius 1 is 1.41 bits per heavy atom. The van der Waals surface area contributed by atoms with Gasteiger partial charge in [0.1, 0.15) is 5.67 Å². The van der Waals surface area contributed by atoms with E-state index in [4.69, 9.17) is 9.84 Å². The highest BCUT2D eigenvalue weighted by Gasteiger charge is 2.37. The Balaban J connectivity index is 2.17. The zero-order valence-corrected chi connectivity index (χ0v) is 12.4. The minimum atomic E-state index is -2.96. The van der Waals surface area contributed by atoms with Gasteiger partial charge in [0.25, 0.3) is 0 Å². The van der Waals surface area contributed by atoms with E-state index in [9.17, 15) is 13.2 Å². The zero-order chi connectivity index (χ0) is 16.2. The number of aliphatic hydroxyl groups is 1. The molecule has 1 heterocycles. The predicted molar refractivity (Wildman–Crippen MR) is 75.1 cm³/mol. The molecule has 7 heteroatoms. The molecule has 0 amide bonds. The Labute approximate surface area is 127 Å². The topological polar surface area (TPSA) is 41.9 Å². The van der Waals surface area contributed by atoms with E-state index < -0.39 is 18.9 Å². The van der Waals surface area contributed by atoms with E-state index >= 15 is 0 Å². The van der Waals surface area contributed by atoms with Gasteiger partial charge in [0.05, 0.1) is 13.2 Å². The first-order valence-corrected chi connectivity index (χ1v) is 7.19. The summed E-state index contributed by atoms with van der Waals surface area (Å²) in [5, 5.41) is 9.05. The van der Waals surface area contributed by atoms with Crippen molar-refractivity contribution >= 4 is 0 Å². The van der Waals surface area contributed by atoms with Crippen molar-refractivity contribution in [2.75, 3.05) is 26.3 Å². The third-order valence-corrected chi connectivity index (χ3v) is 3.63. The lowest BCUT2D eigenvalue weighted by molar-refractivity contribution is -0.0524. The van der Waals surface area contributed by atoms with Crippen LogP contribution in [-0.2, 0) is 6.54 Å². The summed E-state index contributed by atoms with van der Waals surface area (Å²) in [6, 6.07) is 4.89. The predicted octanol–water partition coefficient (Wildman–Crippen LogP) is 2.59. The minimum Gasteiger partial charge on any atom is -0.490 e. The van der Waals surface area contributed by atoms with E-state index in [1.165, 1.54) is 0 Å². The second-order valence-corrected chi connectivity index (χ2v) is 5.33. The number of halogens is 3. The Bertz CT molecular complexity index is 501. The van der Waals surface area contributed by atoms with Crippen molar-refractivity contribution in [3.05, 3.63) is 23.8 Å². The van der Waals surface area contributed by atoms with E-state index in [0.29, 0.717) is 18.7 Å². The lowest BCUT2D eigenvalue weighted by Gasteiger charge is -2.21. The first-order chi connectivity index (χ1) is 10.5. The van der Waals surface area contributed by atoms with Gasteiger partial charge in [-0.2, -0.15) is 8.78 Å². The molecule has 124 valence electrons. The number of nitrogens with zero attached hydrogens (tertiary/aromatic N) is 1. The van der Waals surface area contributed by atoms with Crippen LogP contribution < -0.4 is 9.47 Å². The van der Waals surface area contributed by atoms with Gasteiger partial charge in [-0.15, -0.1) is 0 Å². The number of likely N-dealkylation sites (tertiary alicyclic amines) is 1. The molecule has 4 nitrogen and oxygen atoms in total. The third kappa shape index (κ3) is 4.04. The first kappa shape index (κ1) is 16.9. The number of ether oxygens (including phenoxy) is 2. The quantitative estimate of drug-likeness (QED) is 0.839. The van der Waals surface area contributed by atoms with Gasteiger partial charge < -0.3 is 14.6 Å². The van der Waals surface area contributed by atoms with Gasteiger partial charge in [0.2, 0.25) is 0 Å². The average molecular weight is 319 g/mol. The number of alkyl halides is 3. The highest BCUT2D eigenvalue weighted by Crippen LogP contribution is 2.35. The lowest BCUT2D eigenvalue weighted by atomic mass is 10.1. The van der Waals surface area contributed by atoms with Crippen LogP contribution in [0.3, 0.4) is 0 Å². The van der Waals surface area contributed by atoms with Crippen LogP contribution in [-0.4, -0.2) is 48.6 Å². The van der Waals surface area contributed by atoms with Crippen LogP contribution in [0.4, 0.5) is 13.2 Å². The molecule has 0 bridgehead atoms. The fraction of sp³-hybridized carbons (Fsp3) is 0.600. The van der Waals surface area contributed by atoms with Crippen molar-refractivity contribution in [2.24, 2.45) is 0 Å². The summed E-state index contributed by atoms with van der Waals surface area (Å²) in [5.74, 6) is 0.230. The molecule has 0 aliphatic carbocycles. The molecule has 0 saturated carbocycles. The molecule has 1 aliphatic heterocycles. The van der Waals surface area contributed by atoms with Gasteiger partial charge in [-0.1, -0.05) is 12.1 Å². The SMILES string of the molecule is CCOc1cccc(CN2CCC(F)(CO)C2)c1OC(F)F. The first-order valence-electron chi connectivity index (χ1n) is 7.19. The molecular formula is C15H20F3NO3. The summed E-state index contributed by atoms with van der Waals surface area (Å²) >= 11 is 0. The largest absolute Gasteiger partial charge is 0.490 e. The van der Waals surface area contributed by atoms with Crippen LogP contribution in [0.25, 0.3) is 0 Å². The van der Waals surface area contributed by atoms with E-state index in [1.54, 1.807) is 30.0 Å². The number of hydrogen-bond acceptors (Lipinski definition) is 4. The lowest BCUT2D eigenvalue weighted by Crippen LogP contribution is -2.32. The maximum Gasteiger partial charge on any atom is 0.387 e. The normalized spacial score (nSPS) is 22.3. The maximum absolute atomic E-state index is 14.0. The highest BCUT2D eigenvalue weighted by molar-refractivity contribution is 5.46. The molecule has 1 fully saturated rings. The zero-order valence-electron chi connectivity index (χ0n) is 12.4. The molecule has 0 spiro atoms. The average Bonchev–Trinajstić information content (AvgIpc) is 2.84. The van der Waals surface area contributed by atoms with Gasteiger partial charge in [-0.05, 0) is 19.4 Å². The molecule has 1 atom stereocenters. The van der Waals surface area contributed by atoms with Gasteiger partial charge in [-0.25, -0.2) is 4.39 Å². The number of para-hydroxylation sites is 1. The van der Waals surface area contributed by atoms with E-state index in [1.807, 2.05) is 0 Å². The molecule has 1 aromatic rings. The summed E-state index contributed by atoms with van der Waals surface area (Å²) in [4.78, 5) is 1.76. The van der Waals surface area contributed by atoms with Crippen LogP contribution >= 0.6 is 0 Å². The molecule has 1 aromatic carbocycles. The van der Waals surface area contributed by atoms with E-state index in [-0.39, 0.29) is 31.0 Å². The number of rotatable bonds is 7. The molecule has 0 radical (unpaired) electrons. The number of hydrogen-bond donors (Lipinski definition) is 1. The summed E-state index contributed by atoms with van der Waals surface area (Å²) in [6.45, 7) is -0.655. The molecule has 1 N–H and O–H groups in total. The maximum atomic E-state index is 14.0. The molecule has 2 rings (SSSR count). The van der Waals surface area contributed by atoms with Gasteiger partial charge in [-0.3, -0.25) is 4.90 Å². The van der Waals surface area contributed by atoms with Crippen molar-refractivity contribution < 1.29 is 27.8 Å². The standard InChI is InChI=1S/C15H20F3NO3/c1-2-21-12-5-3-4-11(13(12)22-14(16)17)8-19-7-6-15(18,9-19)10-20/h3-5,14,20H,2,6-10H2,1H3. The fourth-order valence-electron chi connectivity index (χ4n) is 2.60. The summed E-state index contributed by atoms with van der Waals surface area (Å²) in [5.41, 5.74) is -1.12. The van der Waals surface area contributed by atoms with Crippen molar-refractivity contribution in [3.63, 3.8) is 0 Å². The van der Waals surface area contributed by atoms with Gasteiger partial charge in [0.15, 0.2) is 11.5 Å². The van der Waals surface area contributed by atoms with Crippen LogP contribution in [0.5, 0.6) is 11.5 Å². The van der Waals surface area contributed by atoms with Crippen molar-refractivity contribution in [3.8, 4) is 11.5 Å². The third-order valence-electron chi connectivity index (χ3n) is 3.63. The Hall–Kier alpha value is -1.47. The Kier molecular flexibility index (Phi) is 5.52. The number of aliphatic hydroxyl groups excluding tert-OH is 1. The van der Waals surface area contributed by atoms with Crippen LogP contribution in [0.1, 0.15) is 18.9 Å². The highest BCUT2D eigenvalue weighted by atomic mass is 19.3.